The van der Waals surface area contributed by atoms with Gasteiger partial charge in [0.15, 0.2) is 11.6 Å². The molecule has 1 atom stereocenters. The predicted molar refractivity (Wildman–Crippen MR) is 68.2 cm³/mol. The van der Waals surface area contributed by atoms with Gasteiger partial charge in [0.05, 0.1) is 11.6 Å². The van der Waals surface area contributed by atoms with Crippen molar-refractivity contribution in [2.45, 2.75) is 39.7 Å². The maximum absolute atomic E-state index is 13.7. The Hall–Kier alpha value is -1.63. The zero-order valence-corrected chi connectivity index (χ0v) is 10.9. The smallest absolute Gasteiger partial charge is 0.150 e. The summed E-state index contributed by atoms with van der Waals surface area (Å²) in [5.74, 6) is -1.08. The lowest BCUT2D eigenvalue weighted by Gasteiger charge is -2.24. The number of anilines is 1. The molecule has 98 valence electrons. The Labute approximate surface area is 107 Å². The van der Waals surface area contributed by atoms with Crippen molar-refractivity contribution >= 4 is 5.69 Å². The largest absolute Gasteiger partial charge is 0.378 e. The molecular weight excluding hydrogens is 234 g/mol. The van der Waals surface area contributed by atoms with Gasteiger partial charge in [0.1, 0.15) is 5.69 Å². The van der Waals surface area contributed by atoms with E-state index >= 15 is 0 Å². The SMILES string of the molecule is CCC(CC)C(C)Nc1c(F)cc(C#N)cc1F. The van der Waals surface area contributed by atoms with Crippen molar-refractivity contribution in [3.63, 3.8) is 0 Å². The molecule has 1 unspecified atom stereocenters. The maximum atomic E-state index is 13.7. The first-order valence-corrected chi connectivity index (χ1v) is 6.19. The summed E-state index contributed by atoms with van der Waals surface area (Å²) in [5, 5.41) is 11.5. The van der Waals surface area contributed by atoms with Crippen LogP contribution in [0.1, 0.15) is 39.2 Å². The Morgan fingerprint density at radius 1 is 1.22 bits per heavy atom. The molecule has 0 amide bonds. The van der Waals surface area contributed by atoms with Gasteiger partial charge in [-0.25, -0.2) is 8.78 Å². The summed E-state index contributed by atoms with van der Waals surface area (Å²) in [7, 11) is 0. The van der Waals surface area contributed by atoms with Crippen LogP contribution in [0.2, 0.25) is 0 Å². The first-order valence-electron chi connectivity index (χ1n) is 6.19. The molecule has 0 aliphatic rings. The molecular formula is C14H18F2N2. The van der Waals surface area contributed by atoms with Gasteiger partial charge in [-0.1, -0.05) is 26.7 Å². The Kier molecular flexibility index (Phi) is 5.08. The molecule has 1 aromatic carbocycles. The summed E-state index contributed by atoms with van der Waals surface area (Å²) >= 11 is 0. The molecule has 0 bridgehead atoms. The molecule has 2 nitrogen and oxygen atoms in total. The number of hydrogen-bond donors (Lipinski definition) is 1. The zero-order chi connectivity index (χ0) is 13.7. The fourth-order valence-corrected chi connectivity index (χ4v) is 2.12. The number of nitriles is 1. The molecule has 0 aliphatic heterocycles. The summed E-state index contributed by atoms with van der Waals surface area (Å²) in [6, 6.07) is 3.80. The highest BCUT2D eigenvalue weighted by Crippen LogP contribution is 2.24. The van der Waals surface area contributed by atoms with Crippen LogP contribution in [-0.2, 0) is 0 Å². The molecule has 0 saturated heterocycles. The van der Waals surface area contributed by atoms with Crippen LogP contribution in [0, 0.1) is 28.9 Å². The van der Waals surface area contributed by atoms with Crippen molar-refractivity contribution in [3.8, 4) is 6.07 Å². The molecule has 0 fully saturated rings. The second kappa shape index (κ2) is 6.34. The standard InChI is InChI=1S/C14H18F2N2/c1-4-11(5-2)9(3)18-14-12(15)6-10(8-17)7-13(14)16/h6-7,9,11,18H,4-5H2,1-3H3. The topological polar surface area (TPSA) is 35.8 Å². The summed E-state index contributed by atoms with van der Waals surface area (Å²) in [5.41, 5.74) is -0.154. The highest BCUT2D eigenvalue weighted by Gasteiger charge is 2.18. The molecule has 1 rings (SSSR count). The number of rotatable bonds is 5. The van der Waals surface area contributed by atoms with Gasteiger partial charge in [-0.3, -0.25) is 0 Å². The van der Waals surface area contributed by atoms with Crippen LogP contribution in [0.3, 0.4) is 0 Å². The van der Waals surface area contributed by atoms with Gasteiger partial charge in [-0.15, -0.1) is 0 Å². The normalized spacial score (nSPS) is 12.3. The summed E-state index contributed by atoms with van der Waals surface area (Å²) in [4.78, 5) is 0. The fraction of sp³-hybridized carbons (Fsp3) is 0.500. The quantitative estimate of drug-likeness (QED) is 0.857. The Bertz CT molecular complexity index is 425. The van der Waals surface area contributed by atoms with Crippen LogP contribution in [0.4, 0.5) is 14.5 Å². The van der Waals surface area contributed by atoms with E-state index in [9.17, 15) is 8.78 Å². The minimum atomic E-state index is -0.718. The van der Waals surface area contributed by atoms with Crippen LogP contribution in [0.15, 0.2) is 12.1 Å². The fourth-order valence-electron chi connectivity index (χ4n) is 2.12. The van der Waals surface area contributed by atoms with E-state index in [2.05, 4.69) is 19.2 Å². The summed E-state index contributed by atoms with van der Waals surface area (Å²) < 4.78 is 27.4. The third-order valence-corrected chi connectivity index (χ3v) is 3.30. The molecule has 1 N–H and O–H groups in total. The van der Waals surface area contributed by atoms with Crippen LogP contribution in [0.25, 0.3) is 0 Å². The van der Waals surface area contributed by atoms with Gasteiger partial charge in [0.2, 0.25) is 0 Å². The summed E-state index contributed by atoms with van der Waals surface area (Å²) in [6.07, 6.45) is 1.90. The van der Waals surface area contributed by atoms with Crippen molar-refractivity contribution in [1.29, 1.82) is 5.26 Å². The van der Waals surface area contributed by atoms with Gasteiger partial charge in [0, 0.05) is 6.04 Å². The molecule has 4 heteroatoms. The third kappa shape index (κ3) is 3.19. The third-order valence-electron chi connectivity index (χ3n) is 3.30. The van der Waals surface area contributed by atoms with Gasteiger partial charge < -0.3 is 5.32 Å². The van der Waals surface area contributed by atoms with Crippen LogP contribution >= 0.6 is 0 Å². The van der Waals surface area contributed by atoms with E-state index in [0.29, 0.717) is 5.92 Å². The number of benzene rings is 1. The molecule has 0 heterocycles. The van der Waals surface area contributed by atoms with Gasteiger partial charge >= 0.3 is 0 Å². The Morgan fingerprint density at radius 2 is 1.72 bits per heavy atom. The molecule has 0 aromatic heterocycles. The van der Waals surface area contributed by atoms with E-state index < -0.39 is 11.6 Å². The van der Waals surface area contributed by atoms with Crippen LogP contribution < -0.4 is 5.32 Å². The average Bonchev–Trinajstić information content (AvgIpc) is 2.35. The lowest BCUT2D eigenvalue weighted by atomic mass is 9.95. The maximum Gasteiger partial charge on any atom is 0.150 e. The molecule has 18 heavy (non-hydrogen) atoms. The van der Waals surface area contributed by atoms with Crippen molar-refractivity contribution in [3.05, 3.63) is 29.3 Å². The molecule has 0 aliphatic carbocycles. The first-order chi connectivity index (χ1) is 8.53. The van der Waals surface area contributed by atoms with Gasteiger partial charge in [0.25, 0.3) is 0 Å². The Morgan fingerprint density at radius 3 is 2.11 bits per heavy atom. The molecule has 1 aromatic rings. The van der Waals surface area contributed by atoms with Crippen molar-refractivity contribution in [2.75, 3.05) is 5.32 Å². The van der Waals surface area contributed by atoms with Crippen molar-refractivity contribution in [1.82, 2.24) is 0 Å². The minimum Gasteiger partial charge on any atom is -0.378 e. The molecule has 0 radical (unpaired) electrons. The molecule has 0 saturated carbocycles. The minimum absolute atomic E-state index is 0.00858. The zero-order valence-electron chi connectivity index (χ0n) is 10.9. The van der Waals surface area contributed by atoms with Crippen LogP contribution in [-0.4, -0.2) is 6.04 Å². The highest BCUT2D eigenvalue weighted by atomic mass is 19.1. The summed E-state index contributed by atoms with van der Waals surface area (Å²) in [6.45, 7) is 6.02. The van der Waals surface area contributed by atoms with Gasteiger partial charge in [-0.2, -0.15) is 5.26 Å². The lowest BCUT2D eigenvalue weighted by molar-refractivity contribution is 0.434. The van der Waals surface area contributed by atoms with Crippen molar-refractivity contribution in [2.24, 2.45) is 5.92 Å². The number of nitrogens with one attached hydrogen (secondary N) is 1. The Balaban J connectivity index is 2.95. The van der Waals surface area contributed by atoms with E-state index in [1.807, 2.05) is 6.92 Å². The first kappa shape index (κ1) is 14.4. The van der Waals surface area contributed by atoms with E-state index in [-0.39, 0.29) is 17.3 Å². The molecule has 0 spiro atoms. The van der Waals surface area contributed by atoms with E-state index in [0.717, 1.165) is 25.0 Å². The van der Waals surface area contributed by atoms with Gasteiger partial charge in [-0.05, 0) is 25.0 Å². The number of hydrogen-bond acceptors (Lipinski definition) is 2. The highest BCUT2D eigenvalue weighted by molar-refractivity contribution is 5.50. The van der Waals surface area contributed by atoms with E-state index in [1.165, 1.54) is 0 Å². The number of halogens is 2. The number of nitrogens with zero attached hydrogens (tertiary/aromatic N) is 1. The van der Waals surface area contributed by atoms with Crippen molar-refractivity contribution < 1.29 is 8.78 Å². The van der Waals surface area contributed by atoms with E-state index in [1.54, 1.807) is 6.07 Å². The van der Waals surface area contributed by atoms with E-state index in [4.69, 9.17) is 5.26 Å². The average molecular weight is 252 g/mol. The second-order valence-corrected chi connectivity index (χ2v) is 4.44. The predicted octanol–water partition coefficient (Wildman–Crippen LogP) is 4.07. The monoisotopic (exact) mass is 252 g/mol. The lowest BCUT2D eigenvalue weighted by Crippen LogP contribution is -2.26. The van der Waals surface area contributed by atoms with Crippen LogP contribution in [0.5, 0.6) is 0 Å². The second-order valence-electron chi connectivity index (χ2n) is 4.44.